The molecular weight excluding hydrogens is 516 g/mol. The van der Waals surface area contributed by atoms with Gasteiger partial charge in [-0.05, 0) is 56.0 Å². The molecule has 3 heterocycles. The quantitative estimate of drug-likeness (QED) is 0.324. The van der Waals surface area contributed by atoms with Crippen molar-refractivity contribution in [3.05, 3.63) is 70.8 Å². The van der Waals surface area contributed by atoms with E-state index in [1.165, 1.54) is 11.8 Å². The van der Waals surface area contributed by atoms with Crippen LogP contribution in [0, 0.1) is 0 Å². The Kier molecular flexibility index (Phi) is 8.13. The third-order valence-electron chi connectivity index (χ3n) is 6.56. The van der Waals surface area contributed by atoms with Crippen LogP contribution in [0.25, 0.3) is 17.0 Å². The number of morpholine rings is 1. The maximum Gasteiger partial charge on any atom is 0.338 e. The molecule has 9 nitrogen and oxygen atoms in total. The van der Waals surface area contributed by atoms with Crippen LogP contribution in [0.4, 0.5) is 5.69 Å². The molecule has 0 aliphatic carbocycles. The number of benzene rings is 2. The SMILES string of the molecule is CCOC(=O)c1cccc(N=C2SC(=Cc3cn(CC(=O)N4CCOCC4)c4ccccc34)C(=O)N2CC)c1. The lowest BCUT2D eigenvalue weighted by molar-refractivity contribution is -0.135. The lowest BCUT2D eigenvalue weighted by atomic mass is 10.1. The summed E-state index contributed by atoms with van der Waals surface area (Å²) >= 11 is 1.29. The van der Waals surface area contributed by atoms with E-state index in [4.69, 9.17) is 9.47 Å². The van der Waals surface area contributed by atoms with Gasteiger partial charge in [-0.15, -0.1) is 0 Å². The van der Waals surface area contributed by atoms with Crippen LogP contribution >= 0.6 is 11.8 Å². The Morgan fingerprint density at radius 1 is 1.10 bits per heavy atom. The van der Waals surface area contributed by atoms with Crippen molar-refractivity contribution in [3.63, 3.8) is 0 Å². The first-order chi connectivity index (χ1) is 19.0. The number of para-hydroxylation sites is 1. The number of fused-ring (bicyclic) bond motifs is 1. The van der Waals surface area contributed by atoms with Gasteiger partial charge >= 0.3 is 5.97 Å². The van der Waals surface area contributed by atoms with Gasteiger partial charge in [0.05, 0.1) is 36.0 Å². The van der Waals surface area contributed by atoms with E-state index in [1.807, 2.05) is 52.9 Å². The maximum absolute atomic E-state index is 13.3. The minimum atomic E-state index is -0.411. The molecule has 0 saturated carbocycles. The molecule has 2 aliphatic heterocycles. The Hall–Kier alpha value is -3.89. The molecule has 5 rings (SSSR count). The number of thioether (sulfide) groups is 1. The Bertz CT molecular complexity index is 1470. The first-order valence-corrected chi connectivity index (χ1v) is 13.8. The second-order valence-electron chi connectivity index (χ2n) is 9.05. The topological polar surface area (TPSA) is 93.4 Å². The normalized spacial score (nSPS) is 17.9. The van der Waals surface area contributed by atoms with E-state index in [1.54, 1.807) is 36.1 Å². The number of amides is 2. The van der Waals surface area contributed by atoms with Gasteiger partial charge in [0, 0.05) is 42.3 Å². The van der Waals surface area contributed by atoms with E-state index in [2.05, 4.69) is 4.99 Å². The number of likely N-dealkylation sites (N-methyl/N-ethyl adjacent to an activating group) is 1. The third-order valence-corrected chi connectivity index (χ3v) is 7.57. The van der Waals surface area contributed by atoms with Crippen LogP contribution < -0.4 is 0 Å². The molecule has 39 heavy (non-hydrogen) atoms. The van der Waals surface area contributed by atoms with E-state index < -0.39 is 5.97 Å². The fourth-order valence-corrected chi connectivity index (χ4v) is 5.67. The number of rotatable bonds is 7. The van der Waals surface area contributed by atoms with Crippen molar-refractivity contribution in [2.75, 3.05) is 39.5 Å². The highest BCUT2D eigenvalue weighted by atomic mass is 32.2. The second-order valence-corrected chi connectivity index (χ2v) is 10.1. The standard InChI is InChI=1S/C29H30N4O5S/c1-3-33-27(35)25(39-29(33)30-22-9-7-8-20(16-22)28(36)38-4-2)17-21-18-32(24-11-6-5-10-23(21)24)19-26(34)31-12-14-37-15-13-31/h5-11,16-18H,3-4,12-15,19H2,1-2H3. The molecule has 202 valence electrons. The fourth-order valence-electron chi connectivity index (χ4n) is 4.62. The molecule has 0 spiro atoms. The van der Waals surface area contributed by atoms with Crippen LogP contribution in [0.5, 0.6) is 0 Å². The lowest BCUT2D eigenvalue weighted by Gasteiger charge is -2.27. The minimum absolute atomic E-state index is 0.0428. The van der Waals surface area contributed by atoms with Crippen molar-refractivity contribution in [2.24, 2.45) is 4.99 Å². The van der Waals surface area contributed by atoms with Crippen molar-refractivity contribution < 1.29 is 23.9 Å². The number of nitrogens with zero attached hydrogens (tertiary/aromatic N) is 4. The van der Waals surface area contributed by atoms with Crippen molar-refractivity contribution >= 4 is 57.4 Å². The molecule has 2 aromatic carbocycles. The summed E-state index contributed by atoms with van der Waals surface area (Å²) in [5.74, 6) is -0.503. The van der Waals surface area contributed by atoms with E-state index in [-0.39, 0.29) is 25.0 Å². The monoisotopic (exact) mass is 546 g/mol. The van der Waals surface area contributed by atoms with Crippen molar-refractivity contribution in [3.8, 4) is 0 Å². The predicted octanol–water partition coefficient (Wildman–Crippen LogP) is 4.30. The highest BCUT2D eigenvalue weighted by molar-refractivity contribution is 8.18. The summed E-state index contributed by atoms with van der Waals surface area (Å²) in [7, 11) is 0. The number of aromatic nitrogens is 1. The first kappa shape index (κ1) is 26.7. The predicted molar refractivity (Wildman–Crippen MR) is 152 cm³/mol. The smallest absolute Gasteiger partial charge is 0.338 e. The summed E-state index contributed by atoms with van der Waals surface area (Å²) in [5.41, 5.74) is 2.76. The van der Waals surface area contributed by atoms with Gasteiger partial charge < -0.3 is 18.9 Å². The first-order valence-electron chi connectivity index (χ1n) is 13.0. The van der Waals surface area contributed by atoms with Gasteiger partial charge in [0.15, 0.2) is 5.17 Å². The van der Waals surface area contributed by atoms with Crippen LogP contribution in [0.1, 0.15) is 29.8 Å². The van der Waals surface area contributed by atoms with Gasteiger partial charge in [0.25, 0.3) is 5.91 Å². The van der Waals surface area contributed by atoms with Crippen molar-refractivity contribution in [2.45, 2.75) is 20.4 Å². The van der Waals surface area contributed by atoms with Gasteiger partial charge in [-0.2, -0.15) is 0 Å². The van der Waals surface area contributed by atoms with Crippen LogP contribution in [-0.4, -0.2) is 76.8 Å². The largest absolute Gasteiger partial charge is 0.462 e. The van der Waals surface area contributed by atoms with Gasteiger partial charge in [-0.3, -0.25) is 14.5 Å². The molecule has 0 radical (unpaired) electrons. The van der Waals surface area contributed by atoms with E-state index in [0.717, 1.165) is 16.5 Å². The number of esters is 1. The van der Waals surface area contributed by atoms with Crippen LogP contribution in [-0.2, 0) is 25.6 Å². The number of amidine groups is 1. The maximum atomic E-state index is 13.3. The number of hydrogen-bond acceptors (Lipinski definition) is 7. The van der Waals surface area contributed by atoms with Gasteiger partial charge in [-0.1, -0.05) is 24.3 Å². The molecule has 2 fully saturated rings. The van der Waals surface area contributed by atoms with E-state index >= 15 is 0 Å². The zero-order valence-electron chi connectivity index (χ0n) is 22.0. The molecule has 1 aromatic heterocycles. The summed E-state index contributed by atoms with van der Waals surface area (Å²) < 4.78 is 12.4. The van der Waals surface area contributed by atoms with Gasteiger partial charge in [-0.25, -0.2) is 9.79 Å². The van der Waals surface area contributed by atoms with Crippen LogP contribution in [0.3, 0.4) is 0 Å². The molecule has 10 heteroatoms. The average Bonchev–Trinajstić information content (AvgIpc) is 3.45. The fraction of sp³-hybridized carbons (Fsp3) is 0.310. The Morgan fingerprint density at radius 2 is 1.90 bits per heavy atom. The highest BCUT2D eigenvalue weighted by Crippen LogP contribution is 2.35. The summed E-state index contributed by atoms with van der Waals surface area (Å²) in [4.78, 5) is 47.1. The van der Waals surface area contributed by atoms with Gasteiger partial charge in [0.2, 0.25) is 5.91 Å². The molecule has 0 N–H and O–H groups in total. The molecular formula is C29H30N4O5S. The number of hydrogen-bond donors (Lipinski definition) is 0. The molecule has 0 bridgehead atoms. The van der Waals surface area contributed by atoms with Crippen molar-refractivity contribution in [1.29, 1.82) is 0 Å². The number of aliphatic imine (C=N–C) groups is 1. The Labute approximate surface area is 231 Å². The van der Waals surface area contributed by atoms with Crippen molar-refractivity contribution in [1.82, 2.24) is 14.4 Å². The molecule has 0 unspecified atom stereocenters. The van der Waals surface area contributed by atoms with E-state index in [9.17, 15) is 14.4 Å². The van der Waals surface area contributed by atoms with E-state index in [0.29, 0.717) is 54.2 Å². The molecule has 2 saturated heterocycles. The summed E-state index contributed by atoms with van der Waals surface area (Å²) in [5, 5.41) is 1.50. The van der Waals surface area contributed by atoms with Crippen LogP contribution in [0.2, 0.25) is 0 Å². The summed E-state index contributed by atoms with van der Waals surface area (Å²) in [6, 6.07) is 14.7. The summed E-state index contributed by atoms with van der Waals surface area (Å²) in [6.45, 7) is 6.92. The van der Waals surface area contributed by atoms with Gasteiger partial charge in [0.1, 0.15) is 6.54 Å². The average molecular weight is 547 g/mol. The Balaban J connectivity index is 1.43. The molecule has 2 amide bonds. The lowest BCUT2D eigenvalue weighted by Crippen LogP contribution is -2.42. The third kappa shape index (κ3) is 5.76. The number of carbonyl (C=O) groups is 3. The molecule has 0 atom stereocenters. The summed E-state index contributed by atoms with van der Waals surface area (Å²) in [6.07, 6.45) is 3.79. The highest BCUT2D eigenvalue weighted by Gasteiger charge is 2.32. The molecule has 2 aliphatic rings. The zero-order valence-corrected chi connectivity index (χ0v) is 22.8. The Morgan fingerprint density at radius 3 is 2.67 bits per heavy atom. The molecule has 3 aromatic rings. The van der Waals surface area contributed by atoms with Crippen LogP contribution in [0.15, 0.2) is 64.6 Å². The second kappa shape index (κ2) is 11.9. The minimum Gasteiger partial charge on any atom is -0.462 e. The zero-order chi connectivity index (χ0) is 27.4. The number of carbonyl (C=O) groups excluding carboxylic acids is 3. The number of ether oxygens (including phenoxy) is 2.